The number of esters is 1. The number of nitrogens with one attached hydrogen (secondary N) is 1. The number of amides is 1. The van der Waals surface area contributed by atoms with Crippen LogP contribution in [0, 0.1) is 5.92 Å². The van der Waals surface area contributed by atoms with Gasteiger partial charge in [0.1, 0.15) is 18.4 Å². The van der Waals surface area contributed by atoms with Gasteiger partial charge >= 0.3 is 11.9 Å². The van der Waals surface area contributed by atoms with E-state index in [2.05, 4.69) is 5.32 Å². The largest absolute Gasteiger partial charge is 0.490 e. The van der Waals surface area contributed by atoms with E-state index in [-0.39, 0.29) is 19.3 Å². The quantitative estimate of drug-likeness (QED) is 0.631. The average Bonchev–Trinajstić information content (AvgIpc) is 2.59. The van der Waals surface area contributed by atoms with Crippen molar-refractivity contribution < 1.29 is 29.0 Å². The molecule has 0 saturated heterocycles. The minimum absolute atomic E-state index is 0.243. The number of fused-ring (bicyclic) bond motifs is 10. The molecule has 2 atom stereocenters. The van der Waals surface area contributed by atoms with Gasteiger partial charge in [0.05, 0.1) is 19.4 Å². The van der Waals surface area contributed by atoms with Gasteiger partial charge in [0.2, 0.25) is 5.91 Å². The van der Waals surface area contributed by atoms with Crippen molar-refractivity contribution in [1.82, 2.24) is 5.32 Å². The van der Waals surface area contributed by atoms with Crippen molar-refractivity contribution in [3.8, 4) is 5.75 Å². The first-order valence-corrected chi connectivity index (χ1v) is 7.96. The molecular formula is C18H21NO6. The first kappa shape index (κ1) is 18.5. The maximum atomic E-state index is 12.5. The number of hydrogen-bond acceptors (Lipinski definition) is 5. The Balaban J connectivity index is 2.27. The lowest BCUT2D eigenvalue weighted by atomic mass is 9.98. The van der Waals surface area contributed by atoms with E-state index in [1.54, 1.807) is 24.3 Å². The molecule has 0 fully saturated rings. The van der Waals surface area contributed by atoms with Crippen LogP contribution in [0.25, 0.3) is 0 Å². The number of rotatable bonds is 3. The van der Waals surface area contributed by atoms with Crippen LogP contribution in [0.3, 0.4) is 0 Å². The maximum absolute atomic E-state index is 12.5. The standard InChI is InChI=1S/C18H21NO6/c1-24-18(23)15-10-12-5-7-14(8-6-12)25-9-3-2-4-13(11-16(20)21)17(22)19-15/h2-3,5-8,13,15H,4,9-11H2,1H3,(H,19,22)(H,20,21)/b3-2+/t13?,15-/m1/s1. The van der Waals surface area contributed by atoms with E-state index < -0.39 is 29.8 Å². The van der Waals surface area contributed by atoms with E-state index in [9.17, 15) is 14.4 Å². The SMILES string of the molecule is COC(=O)[C@H]1Cc2ccc(cc2)OC/C=C/CC(CC(=O)O)C(=O)N1. The molecular weight excluding hydrogens is 326 g/mol. The Labute approximate surface area is 145 Å². The normalized spacial score (nSPS) is 22.2. The highest BCUT2D eigenvalue weighted by Crippen LogP contribution is 2.16. The van der Waals surface area contributed by atoms with E-state index in [0.717, 1.165) is 5.56 Å². The van der Waals surface area contributed by atoms with Gasteiger partial charge in [-0.3, -0.25) is 9.59 Å². The molecule has 2 aliphatic rings. The zero-order chi connectivity index (χ0) is 18.2. The van der Waals surface area contributed by atoms with Crippen LogP contribution >= 0.6 is 0 Å². The van der Waals surface area contributed by atoms with Gasteiger partial charge in [-0.1, -0.05) is 24.3 Å². The maximum Gasteiger partial charge on any atom is 0.328 e. The van der Waals surface area contributed by atoms with Crippen molar-refractivity contribution in [2.24, 2.45) is 5.92 Å². The first-order valence-electron chi connectivity index (χ1n) is 7.96. The summed E-state index contributed by atoms with van der Waals surface area (Å²) in [5.41, 5.74) is 0.824. The molecule has 7 heteroatoms. The number of ether oxygens (including phenoxy) is 2. The summed E-state index contributed by atoms with van der Waals surface area (Å²) in [6, 6.07) is 6.31. The fraction of sp³-hybridized carbons (Fsp3) is 0.389. The van der Waals surface area contributed by atoms with E-state index in [4.69, 9.17) is 14.6 Å². The lowest BCUT2D eigenvalue weighted by Gasteiger charge is -2.20. The highest BCUT2D eigenvalue weighted by molar-refractivity contribution is 5.88. The third-order valence-electron chi connectivity index (χ3n) is 3.89. The molecule has 2 aliphatic heterocycles. The minimum Gasteiger partial charge on any atom is -0.490 e. The molecule has 2 bridgehead atoms. The van der Waals surface area contributed by atoms with E-state index in [0.29, 0.717) is 12.4 Å². The molecule has 1 unspecified atom stereocenters. The van der Waals surface area contributed by atoms with Crippen LogP contribution < -0.4 is 10.1 Å². The van der Waals surface area contributed by atoms with Gasteiger partial charge in [0.15, 0.2) is 0 Å². The number of carbonyl (C=O) groups is 3. The minimum atomic E-state index is -1.07. The van der Waals surface area contributed by atoms with Crippen LogP contribution in [0.4, 0.5) is 0 Å². The molecule has 2 heterocycles. The predicted molar refractivity (Wildman–Crippen MR) is 89.1 cm³/mol. The molecule has 0 spiro atoms. The summed E-state index contributed by atoms with van der Waals surface area (Å²) in [6.45, 7) is 0.325. The Bertz CT molecular complexity index is 652. The van der Waals surface area contributed by atoms with Gasteiger partial charge < -0.3 is 19.9 Å². The first-order chi connectivity index (χ1) is 12.0. The van der Waals surface area contributed by atoms with Crippen LogP contribution in [0.5, 0.6) is 5.75 Å². The fourth-order valence-corrected chi connectivity index (χ4v) is 2.55. The Hall–Kier alpha value is -2.83. The predicted octanol–water partition coefficient (Wildman–Crippen LogP) is 1.32. The third-order valence-corrected chi connectivity index (χ3v) is 3.89. The van der Waals surface area contributed by atoms with Gasteiger partial charge in [0.25, 0.3) is 0 Å². The Morgan fingerprint density at radius 1 is 1.28 bits per heavy atom. The Morgan fingerprint density at radius 3 is 2.64 bits per heavy atom. The number of hydrogen-bond donors (Lipinski definition) is 2. The molecule has 1 amide bonds. The number of methoxy groups -OCH3 is 1. The summed E-state index contributed by atoms with van der Waals surface area (Å²) < 4.78 is 10.3. The second-order valence-corrected chi connectivity index (χ2v) is 5.75. The van der Waals surface area contributed by atoms with Crippen molar-refractivity contribution in [2.45, 2.75) is 25.3 Å². The van der Waals surface area contributed by atoms with Crippen LogP contribution in [0.1, 0.15) is 18.4 Å². The second-order valence-electron chi connectivity index (χ2n) is 5.75. The number of carbonyl (C=O) groups excluding carboxylic acids is 2. The van der Waals surface area contributed by atoms with Crippen LogP contribution in [0.2, 0.25) is 0 Å². The lowest BCUT2D eigenvalue weighted by molar-refractivity contribution is -0.146. The van der Waals surface area contributed by atoms with Gasteiger partial charge in [-0.15, -0.1) is 0 Å². The molecule has 0 saturated carbocycles. The molecule has 1 aromatic rings. The topological polar surface area (TPSA) is 102 Å². The van der Waals surface area contributed by atoms with Crippen molar-refractivity contribution in [3.63, 3.8) is 0 Å². The van der Waals surface area contributed by atoms with Gasteiger partial charge in [-0.2, -0.15) is 0 Å². The Morgan fingerprint density at radius 2 is 2.00 bits per heavy atom. The zero-order valence-corrected chi connectivity index (χ0v) is 13.9. The summed E-state index contributed by atoms with van der Waals surface area (Å²) >= 11 is 0. The van der Waals surface area contributed by atoms with Crippen LogP contribution in [-0.4, -0.2) is 42.7 Å². The van der Waals surface area contributed by atoms with Gasteiger partial charge in [-0.05, 0) is 24.1 Å². The second kappa shape index (κ2) is 8.86. The van der Waals surface area contributed by atoms with Gasteiger partial charge in [0, 0.05) is 6.42 Å². The number of carboxylic acids is 1. The molecule has 25 heavy (non-hydrogen) atoms. The Kier molecular flexibility index (Phi) is 6.56. The molecule has 1 aromatic carbocycles. The van der Waals surface area contributed by atoms with Crippen molar-refractivity contribution in [1.29, 1.82) is 0 Å². The smallest absolute Gasteiger partial charge is 0.328 e. The molecule has 2 N–H and O–H groups in total. The van der Waals surface area contributed by atoms with E-state index in [1.807, 2.05) is 12.1 Å². The summed E-state index contributed by atoms with van der Waals surface area (Å²) in [4.78, 5) is 35.5. The van der Waals surface area contributed by atoms with Crippen LogP contribution in [-0.2, 0) is 25.5 Å². The number of carboxylic acid groups (broad SMARTS) is 1. The molecule has 0 aromatic heterocycles. The highest BCUT2D eigenvalue weighted by atomic mass is 16.5. The van der Waals surface area contributed by atoms with Crippen molar-refractivity contribution >= 4 is 17.8 Å². The summed E-state index contributed by atoms with van der Waals surface area (Å²) in [6.07, 6.45) is 3.61. The van der Waals surface area contributed by atoms with Gasteiger partial charge in [-0.25, -0.2) is 4.79 Å². The molecule has 0 aliphatic carbocycles. The fourth-order valence-electron chi connectivity index (χ4n) is 2.55. The zero-order valence-electron chi connectivity index (χ0n) is 13.9. The molecule has 0 radical (unpaired) electrons. The van der Waals surface area contributed by atoms with E-state index >= 15 is 0 Å². The number of aliphatic carboxylic acids is 1. The van der Waals surface area contributed by atoms with Crippen molar-refractivity contribution in [2.75, 3.05) is 13.7 Å². The number of allylic oxidation sites excluding steroid dienone is 1. The molecule has 7 nitrogen and oxygen atoms in total. The highest BCUT2D eigenvalue weighted by Gasteiger charge is 2.27. The molecule has 3 rings (SSSR count). The summed E-state index contributed by atoms with van der Waals surface area (Å²) in [7, 11) is 1.24. The molecule has 134 valence electrons. The lowest BCUT2D eigenvalue weighted by Crippen LogP contribution is -2.45. The number of benzene rings is 1. The van der Waals surface area contributed by atoms with E-state index in [1.165, 1.54) is 7.11 Å². The third kappa shape index (κ3) is 5.63. The van der Waals surface area contributed by atoms with Crippen LogP contribution in [0.15, 0.2) is 36.4 Å². The monoisotopic (exact) mass is 347 g/mol. The average molecular weight is 347 g/mol. The summed E-state index contributed by atoms with van der Waals surface area (Å²) in [5.74, 6) is -2.23. The van der Waals surface area contributed by atoms with Crippen molar-refractivity contribution in [3.05, 3.63) is 42.0 Å². The summed E-state index contributed by atoms with van der Waals surface area (Å²) in [5, 5.41) is 11.6.